The molecule has 0 aromatic carbocycles. The number of nitrogens with two attached hydrogens (primary N) is 2. The Hall–Kier alpha value is -2.63. The Labute approximate surface area is 473 Å². The lowest BCUT2D eigenvalue weighted by molar-refractivity contribution is -0.697. The molecule has 3 aromatic rings. The van der Waals surface area contributed by atoms with Crippen LogP contribution in [0.2, 0.25) is 0 Å². The van der Waals surface area contributed by atoms with Crippen LogP contribution in [0, 0.1) is 0 Å². The molecule has 76 heavy (non-hydrogen) atoms. The Bertz CT molecular complexity index is 1540. The van der Waals surface area contributed by atoms with Gasteiger partial charge in [0.15, 0.2) is 37.2 Å². The van der Waals surface area contributed by atoms with Gasteiger partial charge in [-0.25, -0.2) is 13.7 Å². The molecule has 4 N–H and O–H groups in total. The summed E-state index contributed by atoms with van der Waals surface area (Å²) in [6.45, 7) is 5.27. The lowest BCUT2D eigenvalue weighted by Gasteiger charge is -2.05. The Kier molecular flexibility index (Phi) is 47.2. The number of pyridine rings is 3. The third kappa shape index (κ3) is 42.3. The molecule has 0 amide bonds. The number of hydrogen-bond acceptors (Lipinski definition) is 2. The van der Waals surface area contributed by atoms with Crippen LogP contribution in [-0.2, 0) is 38.9 Å². The van der Waals surface area contributed by atoms with E-state index in [2.05, 4.69) is 87.3 Å². The molecule has 0 aliphatic rings. The molecule has 0 fully saturated rings. The average Bonchev–Trinajstić information content (AvgIpc) is 3.44. The van der Waals surface area contributed by atoms with Gasteiger partial charge < -0.3 is 11.5 Å². The molecule has 0 spiro atoms. The molecule has 3 heterocycles. The van der Waals surface area contributed by atoms with E-state index >= 15 is 0 Å². The van der Waals surface area contributed by atoms with Crippen LogP contribution in [0.4, 0.5) is 0 Å². The smallest absolute Gasteiger partial charge is 0.171 e. The quantitative estimate of drug-likeness (QED) is 0.0437. The molecule has 0 atom stereocenters. The minimum absolute atomic E-state index is 0.863. The third-order valence-corrected chi connectivity index (χ3v) is 16.8. The van der Waals surface area contributed by atoms with Gasteiger partial charge >= 0.3 is 0 Å². The lowest BCUT2D eigenvalue weighted by Crippen LogP contribution is -2.33. The van der Waals surface area contributed by atoms with Crippen molar-refractivity contribution < 1.29 is 13.7 Å². The molecule has 0 unspecified atom stereocenters. The predicted molar refractivity (Wildman–Crippen MR) is 331 cm³/mol. The van der Waals surface area contributed by atoms with Gasteiger partial charge in [0.1, 0.15) is 19.6 Å². The monoisotopic (exact) mass is 1050 g/mol. The SMILES string of the molecule is NCCCCCCCCCCCCCCCC[n+]1cccc(CCCCCCCCCCCCc2ccc[n+](CCCCCCCCCCCCc3ccc[n+](CCCCCCCCCCCCCCCCN)c3)c2)c1. The summed E-state index contributed by atoms with van der Waals surface area (Å²) in [7, 11) is 0. The highest BCUT2D eigenvalue weighted by molar-refractivity contribution is 5.06. The fourth-order valence-corrected chi connectivity index (χ4v) is 11.8. The minimum atomic E-state index is 0.863. The van der Waals surface area contributed by atoms with Crippen molar-refractivity contribution in [2.24, 2.45) is 11.5 Å². The molecule has 434 valence electrons. The molecule has 3 rings (SSSR count). The van der Waals surface area contributed by atoms with E-state index < -0.39 is 0 Å². The van der Waals surface area contributed by atoms with Crippen molar-refractivity contribution >= 4 is 0 Å². The van der Waals surface area contributed by atoms with E-state index in [0.29, 0.717) is 0 Å². The van der Waals surface area contributed by atoms with Crippen molar-refractivity contribution in [3.63, 3.8) is 0 Å². The second-order valence-corrected chi connectivity index (χ2v) is 24.1. The van der Waals surface area contributed by atoms with Crippen LogP contribution in [0.1, 0.15) is 325 Å². The standard InChI is InChI=1S/C71H128N5/c72-58-44-36-28-20-12-5-1-3-7-14-22-30-38-46-60-74-63-49-55-69(66-74)52-41-33-25-17-9-10-18-26-34-42-53-70-56-50-65-76(67-70)62-48-40-32-24-16-11-19-27-35-43-54-71-57-51-64-75(68-71)61-47-39-31-23-15-8-4-2-6-13-21-29-37-45-59-73/h49-51,55-57,63-68H,1-48,52-54,58-62,72-73H2/q+3. The summed E-state index contributed by atoms with van der Waals surface area (Å²) in [5, 5.41) is 0. The second kappa shape index (κ2) is 53.0. The van der Waals surface area contributed by atoms with Gasteiger partial charge in [-0.3, -0.25) is 0 Å². The third-order valence-electron chi connectivity index (χ3n) is 16.8. The highest BCUT2D eigenvalue weighted by Crippen LogP contribution is 2.18. The molecule has 5 heteroatoms. The fraction of sp³-hybridized carbons (Fsp3) is 0.789. The Morgan fingerprint density at radius 2 is 0.382 bits per heavy atom. The number of unbranched alkanes of at least 4 members (excludes halogenated alkanes) is 44. The van der Waals surface area contributed by atoms with E-state index in [9.17, 15) is 0 Å². The van der Waals surface area contributed by atoms with E-state index in [0.717, 1.165) is 13.1 Å². The van der Waals surface area contributed by atoms with Crippen LogP contribution < -0.4 is 25.2 Å². The molecular formula is C71H128N5+3. The summed E-state index contributed by atoms with van der Waals surface area (Å²) < 4.78 is 7.36. The highest BCUT2D eigenvalue weighted by Gasteiger charge is 2.07. The molecule has 3 aromatic heterocycles. The zero-order chi connectivity index (χ0) is 53.5. The topological polar surface area (TPSA) is 63.7 Å². The van der Waals surface area contributed by atoms with Gasteiger partial charge in [-0.2, -0.15) is 0 Å². The summed E-state index contributed by atoms with van der Waals surface area (Å²) >= 11 is 0. The molecule has 0 saturated carbocycles. The van der Waals surface area contributed by atoms with E-state index in [4.69, 9.17) is 11.5 Å². The Morgan fingerprint density at radius 3 is 0.579 bits per heavy atom. The van der Waals surface area contributed by atoms with E-state index in [-0.39, 0.29) is 0 Å². The number of aromatic nitrogens is 3. The number of hydrogen-bond donors (Lipinski definition) is 2. The van der Waals surface area contributed by atoms with E-state index in [1.165, 1.54) is 364 Å². The average molecular weight is 1050 g/mol. The summed E-state index contributed by atoms with van der Waals surface area (Å²) in [4.78, 5) is 0. The molecule has 5 nitrogen and oxygen atoms in total. The maximum Gasteiger partial charge on any atom is 0.171 e. The van der Waals surface area contributed by atoms with Gasteiger partial charge in [0.05, 0.1) is 0 Å². The largest absolute Gasteiger partial charge is 0.330 e. The zero-order valence-corrected chi connectivity index (χ0v) is 50.5. The normalized spacial score (nSPS) is 11.6. The minimum Gasteiger partial charge on any atom is -0.330 e. The van der Waals surface area contributed by atoms with E-state index in [1.807, 2.05) is 0 Å². The van der Waals surface area contributed by atoms with Crippen LogP contribution >= 0.6 is 0 Å². The van der Waals surface area contributed by atoms with Gasteiger partial charge in [-0.1, -0.05) is 238 Å². The van der Waals surface area contributed by atoms with Gasteiger partial charge in [0.2, 0.25) is 0 Å². The summed E-state index contributed by atoms with van der Waals surface area (Å²) in [6, 6.07) is 13.9. The van der Waals surface area contributed by atoms with Crippen molar-refractivity contribution in [3.8, 4) is 0 Å². The molecule has 0 saturated heterocycles. The van der Waals surface area contributed by atoms with Crippen molar-refractivity contribution in [2.75, 3.05) is 13.1 Å². The van der Waals surface area contributed by atoms with Gasteiger partial charge in [-0.05, 0) is 102 Å². The summed E-state index contributed by atoms with van der Waals surface area (Å²) in [6.07, 6.45) is 84.7. The van der Waals surface area contributed by atoms with Crippen molar-refractivity contribution in [2.45, 2.75) is 347 Å². The maximum atomic E-state index is 5.59. The van der Waals surface area contributed by atoms with Gasteiger partial charge in [0, 0.05) is 54.2 Å². The zero-order valence-electron chi connectivity index (χ0n) is 50.5. The molecule has 0 aliphatic heterocycles. The number of aryl methyl sites for hydroxylation is 6. The number of nitrogens with zero attached hydrogens (tertiary/aromatic N) is 3. The van der Waals surface area contributed by atoms with Crippen LogP contribution in [0.5, 0.6) is 0 Å². The second-order valence-electron chi connectivity index (χ2n) is 24.1. The van der Waals surface area contributed by atoms with Crippen LogP contribution in [-0.4, -0.2) is 13.1 Å². The first-order chi connectivity index (χ1) is 37.8. The number of rotatable bonds is 58. The van der Waals surface area contributed by atoms with Crippen LogP contribution in [0.3, 0.4) is 0 Å². The molecule has 0 aliphatic carbocycles. The fourth-order valence-electron chi connectivity index (χ4n) is 11.8. The Morgan fingerprint density at radius 1 is 0.211 bits per heavy atom. The van der Waals surface area contributed by atoms with Crippen molar-refractivity contribution in [3.05, 3.63) is 90.3 Å². The van der Waals surface area contributed by atoms with Crippen molar-refractivity contribution in [1.29, 1.82) is 0 Å². The molecular weight excluding hydrogens is 923 g/mol. The van der Waals surface area contributed by atoms with Gasteiger partial charge in [0.25, 0.3) is 0 Å². The highest BCUT2D eigenvalue weighted by atomic mass is 14.9. The first kappa shape index (κ1) is 67.6. The van der Waals surface area contributed by atoms with Crippen LogP contribution in [0.25, 0.3) is 0 Å². The molecule has 0 radical (unpaired) electrons. The van der Waals surface area contributed by atoms with Crippen LogP contribution in [0.15, 0.2) is 73.6 Å². The maximum absolute atomic E-state index is 5.59. The summed E-state index contributed by atoms with van der Waals surface area (Å²) in [5.74, 6) is 0. The summed E-state index contributed by atoms with van der Waals surface area (Å²) in [5.41, 5.74) is 15.8. The first-order valence-electron chi connectivity index (χ1n) is 34.1. The lowest BCUT2D eigenvalue weighted by atomic mass is 10.0. The van der Waals surface area contributed by atoms with Gasteiger partial charge in [-0.15, -0.1) is 0 Å². The predicted octanol–water partition coefficient (Wildman–Crippen LogP) is 19.2. The first-order valence-corrected chi connectivity index (χ1v) is 34.1. The molecule has 0 bridgehead atoms. The Balaban J connectivity index is 1.02. The van der Waals surface area contributed by atoms with E-state index in [1.54, 1.807) is 0 Å². The van der Waals surface area contributed by atoms with Crippen molar-refractivity contribution in [1.82, 2.24) is 0 Å².